The van der Waals surface area contributed by atoms with Crippen LogP contribution in [0.15, 0.2) is 36.4 Å². The molecule has 1 saturated carbocycles. The van der Waals surface area contributed by atoms with Gasteiger partial charge in [0, 0.05) is 0 Å². The first-order chi connectivity index (χ1) is 10.7. The van der Waals surface area contributed by atoms with E-state index in [4.69, 9.17) is 0 Å². The maximum atomic E-state index is 12.6. The van der Waals surface area contributed by atoms with Gasteiger partial charge in [-0.1, -0.05) is 35.6 Å². The molecule has 2 aromatic rings. The van der Waals surface area contributed by atoms with Crippen molar-refractivity contribution in [2.24, 2.45) is 23.7 Å². The SMILES string of the molecule is O=C1[C@@H]2[C@H](C(=O)N1Nc1nc3ccccc3s1)[C@@H]1C=C[C@H]2C1. The summed E-state index contributed by atoms with van der Waals surface area (Å²) in [6.07, 6.45) is 5.14. The second kappa shape index (κ2) is 4.16. The van der Waals surface area contributed by atoms with E-state index in [-0.39, 0.29) is 35.5 Å². The molecule has 1 saturated heterocycles. The number of hydrogen-bond donors (Lipinski definition) is 1. The summed E-state index contributed by atoms with van der Waals surface area (Å²) < 4.78 is 1.03. The van der Waals surface area contributed by atoms with Gasteiger partial charge in [0.05, 0.1) is 22.1 Å². The Morgan fingerprint density at radius 1 is 1.09 bits per heavy atom. The molecule has 0 spiro atoms. The Morgan fingerprint density at radius 2 is 1.77 bits per heavy atom. The van der Waals surface area contributed by atoms with Crippen LogP contribution in [0.5, 0.6) is 0 Å². The van der Waals surface area contributed by atoms with Crippen molar-refractivity contribution in [2.45, 2.75) is 6.42 Å². The second-order valence-corrected chi connectivity index (χ2v) is 7.14. The summed E-state index contributed by atoms with van der Waals surface area (Å²) in [5.41, 5.74) is 3.81. The number of allylic oxidation sites excluding steroid dienone is 2. The Balaban J connectivity index is 1.46. The molecule has 2 amide bonds. The maximum absolute atomic E-state index is 12.6. The summed E-state index contributed by atoms with van der Waals surface area (Å²) in [7, 11) is 0. The minimum atomic E-state index is -0.177. The molecule has 3 aliphatic rings. The van der Waals surface area contributed by atoms with E-state index in [2.05, 4.69) is 22.6 Å². The number of amides is 2. The summed E-state index contributed by atoms with van der Waals surface area (Å²) in [4.78, 5) is 29.6. The van der Waals surface area contributed by atoms with Gasteiger partial charge in [0.2, 0.25) is 5.13 Å². The van der Waals surface area contributed by atoms with Crippen molar-refractivity contribution in [1.29, 1.82) is 0 Å². The first-order valence-corrected chi connectivity index (χ1v) is 8.22. The monoisotopic (exact) mass is 311 g/mol. The van der Waals surface area contributed by atoms with E-state index < -0.39 is 0 Å². The van der Waals surface area contributed by atoms with Gasteiger partial charge in [-0.15, -0.1) is 0 Å². The number of rotatable bonds is 2. The highest BCUT2D eigenvalue weighted by molar-refractivity contribution is 7.22. The number of hydrazine groups is 1. The van der Waals surface area contributed by atoms with Crippen molar-refractivity contribution in [3.8, 4) is 0 Å². The van der Waals surface area contributed by atoms with Crippen molar-refractivity contribution in [1.82, 2.24) is 9.99 Å². The largest absolute Gasteiger partial charge is 0.272 e. The van der Waals surface area contributed by atoms with E-state index in [1.807, 2.05) is 24.3 Å². The number of para-hydroxylation sites is 1. The van der Waals surface area contributed by atoms with Gasteiger partial charge in [-0.05, 0) is 30.4 Å². The third-order valence-electron chi connectivity index (χ3n) is 4.97. The standard InChI is InChI=1S/C16H13N3O2S/c20-14-12-8-5-6-9(7-8)13(12)15(21)19(14)18-16-17-10-3-1-2-4-11(10)22-16/h1-6,8-9,12-13H,7H2,(H,17,18)/t8-,9+,12-,13+. The quantitative estimate of drug-likeness (QED) is 0.683. The normalized spacial score (nSPS) is 32.3. The number of anilines is 1. The number of carbonyl (C=O) groups excluding carboxylic acids is 2. The van der Waals surface area contributed by atoms with Gasteiger partial charge in [0.1, 0.15) is 0 Å². The fourth-order valence-corrected chi connectivity index (χ4v) is 4.88. The zero-order valence-electron chi connectivity index (χ0n) is 11.6. The number of fused-ring (bicyclic) bond motifs is 6. The minimum absolute atomic E-state index is 0.105. The molecule has 5 nitrogen and oxygen atoms in total. The van der Waals surface area contributed by atoms with E-state index in [9.17, 15) is 9.59 Å². The van der Waals surface area contributed by atoms with Crippen LogP contribution in [0.1, 0.15) is 6.42 Å². The second-order valence-electron chi connectivity index (χ2n) is 6.11. The Labute approximate surface area is 130 Å². The Bertz CT molecular complexity index is 780. The van der Waals surface area contributed by atoms with Crippen LogP contribution in [0.4, 0.5) is 5.13 Å². The van der Waals surface area contributed by atoms with Gasteiger partial charge in [-0.25, -0.2) is 4.98 Å². The predicted molar refractivity (Wildman–Crippen MR) is 82.8 cm³/mol. The lowest BCUT2D eigenvalue weighted by Gasteiger charge is -2.16. The number of carbonyl (C=O) groups is 2. The summed E-state index contributed by atoms with van der Waals surface area (Å²) in [5.74, 6) is -0.104. The van der Waals surface area contributed by atoms with E-state index in [1.54, 1.807) is 0 Å². The summed E-state index contributed by atoms with van der Waals surface area (Å²) in [5, 5.41) is 1.78. The number of imide groups is 1. The first kappa shape index (κ1) is 12.3. The van der Waals surface area contributed by atoms with Crippen molar-refractivity contribution < 1.29 is 9.59 Å². The molecule has 22 heavy (non-hydrogen) atoms. The van der Waals surface area contributed by atoms with Crippen LogP contribution >= 0.6 is 11.3 Å². The smallest absolute Gasteiger partial charge is 0.252 e. The van der Waals surface area contributed by atoms with Crippen LogP contribution in [0.25, 0.3) is 10.2 Å². The number of benzene rings is 1. The number of nitrogens with zero attached hydrogens (tertiary/aromatic N) is 2. The third-order valence-corrected chi connectivity index (χ3v) is 5.91. The van der Waals surface area contributed by atoms with Crippen LogP contribution in [-0.2, 0) is 9.59 Å². The fourth-order valence-electron chi connectivity index (χ4n) is 4.03. The molecular weight excluding hydrogens is 298 g/mol. The average Bonchev–Trinajstić information content (AvgIpc) is 3.26. The lowest BCUT2D eigenvalue weighted by Crippen LogP contribution is -2.37. The van der Waals surface area contributed by atoms with Gasteiger partial charge in [0.25, 0.3) is 11.8 Å². The first-order valence-electron chi connectivity index (χ1n) is 7.41. The van der Waals surface area contributed by atoms with Crippen LogP contribution in [0.2, 0.25) is 0 Å². The van der Waals surface area contributed by atoms with E-state index >= 15 is 0 Å². The topological polar surface area (TPSA) is 62.3 Å². The summed E-state index contributed by atoms with van der Waals surface area (Å²) >= 11 is 1.45. The number of hydrogen-bond acceptors (Lipinski definition) is 5. The van der Waals surface area contributed by atoms with Gasteiger partial charge in [0.15, 0.2) is 0 Å². The predicted octanol–water partition coefficient (Wildman–Crippen LogP) is 2.43. The molecule has 2 aliphatic carbocycles. The molecule has 4 atom stereocenters. The maximum Gasteiger partial charge on any atom is 0.252 e. The van der Waals surface area contributed by atoms with Crippen LogP contribution in [-0.4, -0.2) is 21.8 Å². The lowest BCUT2D eigenvalue weighted by atomic mass is 9.85. The summed E-state index contributed by atoms with van der Waals surface area (Å²) in [6.45, 7) is 0. The molecule has 1 aromatic carbocycles. The summed E-state index contributed by atoms with van der Waals surface area (Å²) in [6, 6.07) is 7.77. The fraction of sp³-hybridized carbons (Fsp3) is 0.312. The Morgan fingerprint density at radius 3 is 2.45 bits per heavy atom. The van der Waals surface area contributed by atoms with Crippen LogP contribution in [0, 0.1) is 23.7 Å². The molecule has 2 fully saturated rings. The van der Waals surface area contributed by atoms with Gasteiger partial charge >= 0.3 is 0 Å². The van der Waals surface area contributed by atoms with Gasteiger partial charge in [-0.3, -0.25) is 15.0 Å². The Hall–Kier alpha value is -2.21. The van der Waals surface area contributed by atoms with Gasteiger partial charge < -0.3 is 0 Å². The van der Waals surface area contributed by atoms with E-state index in [1.165, 1.54) is 16.3 Å². The molecule has 0 radical (unpaired) electrons. The number of aromatic nitrogens is 1. The lowest BCUT2D eigenvalue weighted by molar-refractivity contribution is -0.139. The zero-order chi connectivity index (χ0) is 14.8. The van der Waals surface area contributed by atoms with Crippen LogP contribution < -0.4 is 5.43 Å². The molecule has 1 aromatic heterocycles. The molecule has 5 rings (SSSR count). The molecule has 6 heteroatoms. The molecular formula is C16H13N3O2S. The molecule has 1 N–H and O–H groups in total. The molecule has 2 bridgehead atoms. The number of nitrogens with one attached hydrogen (secondary N) is 1. The van der Waals surface area contributed by atoms with Crippen molar-refractivity contribution in [3.63, 3.8) is 0 Å². The molecule has 2 heterocycles. The van der Waals surface area contributed by atoms with Gasteiger partial charge in [-0.2, -0.15) is 5.01 Å². The third kappa shape index (κ3) is 1.50. The highest BCUT2D eigenvalue weighted by atomic mass is 32.1. The highest BCUT2D eigenvalue weighted by Crippen LogP contribution is 2.52. The average molecular weight is 311 g/mol. The van der Waals surface area contributed by atoms with Crippen molar-refractivity contribution >= 4 is 38.5 Å². The zero-order valence-corrected chi connectivity index (χ0v) is 12.4. The Kier molecular flexibility index (Phi) is 2.34. The van der Waals surface area contributed by atoms with E-state index in [0.717, 1.165) is 16.6 Å². The number of thiazole rings is 1. The minimum Gasteiger partial charge on any atom is -0.272 e. The van der Waals surface area contributed by atoms with E-state index in [0.29, 0.717) is 5.13 Å². The molecule has 0 unspecified atom stereocenters. The molecule has 1 aliphatic heterocycles. The van der Waals surface area contributed by atoms with Crippen molar-refractivity contribution in [2.75, 3.05) is 5.43 Å². The van der Waals surface area contributed by atoms with Crippen molar-refractivity contribution in [3.05, 3.63) is 36.4 Å². The highest BCUT2D eigenvalue weighted by Gasteiger charge is 2.59. The molecule has 110 valence electrons. The van der Waals surface area contributed by atoms with Crippen LogP contribution in [0.3, 0.4) is 0 Å².